The number of allylic oxidation sites excluding steroid dienone is 3. The van der Waals surface area contributed by atoms with E-state index < -0.39 is 5.92 Å². The van der Waals surface area contributed by atoms with Crippen molar-refractivity contribution in [2.75, 3.05) is 4.90 Å². The van der Waals surface area contributed by atoms with E-state index in [0.29, 0.717) is 50.6 Å². The first kappa shape index (κ1) is 28.6. The van der Waals surface area contributed by atoms with Crippen LogP contribution in [-0.4, -0.2) is 5.78 Å². The average Bonchev–Trinajstić information content (AvgIpc) is 2.92. The third kappa shape index (κ3) is 5.27. The number of thioether (sulfide) groups is 1. The van der Waals surface area contributed by atoms with Crippen LogP contribution in [0.5, 0.6) is 0 Å². The van der Waals surface area contributed by atoms with Crippen LogP contribution in [0.2, 0.25) is 15.1 Å². The summed E-state index contributed by atoms with van der Waals surface area (Å²) in [5.41, 5.74) is 14.5. The zero-order chi connectivity index (χ0) is 28.7. The SMILES string of the molecule is Cc1cc(CSc2cc(Cl)ccc2Cl)c(C)c(C2C(C#N)=C(N)N(c3cc(Cl)ccc3C)C3=C2C(=O)CCC3)c1. The van der Waals surface area contributed by atoms with Gasteiger partial charge in [0.2, 0.25) is 0 Å². The van der Waals surface area contributed by atoms with Crippen LogP contribution >= 0.6 is 46.6 Å². The number of hydrogen-bond donors (Lipinski definition) is 1. The number of carbonyl (C=O) groups excluding carboxylic acids is 1. The highest BCUT2D eigenvalue weighted by Crippen LogP contribution is 2.48. The molecule has 0 saturated heterocycles. The molecule has 1 aliphatic carbocycles. The van der Waals surface area contributed by atoms with E-state index in [1.54, 1.807) is 23.9 Å². The van der Waals surface area contributed by atoms with Crippen LogP contribution < -0.4 is 10.6 Å². The molecule has 0 saturated carbocycles. The molecule has 0 radical (unpaired) electrons. The summed E-state index contributed by atoms with van der Waals surface area (Å²) in [6, 6.07) is 17.6. The zero-order valence-electron chi connectivity index (χ0n) is 22.4. The number of aryl methyl sites for hydroxylation is 2. The van der Waals surface area contributed by atoms with E-state index in [1.807, 2.05) is 43.0 Å². The van der Waals surface area contributed by atoms with E-state index in [4.69, 9.17) is 40.5 Å². The Morgan fingerprint density at radius 1 is 1.02 bits per heavy atom. The minimum atomic E-state index is -0.540. The van der Waals surface area contributed by atoms with Crippen molar-refractivity contribution in [2.24, 2.45) is 5.73 Å². The fourth-order valence-corrected chi connectivity index (χ4v) is 7.36. The van der Waals surface area contributed by atoms with Crippen LogP contribution in [0.1, 0.15) is 53.0 Å². The molecule has 3 aromatic rings. The summed E-state index contributed by atoms with van der Waals surface area (Å²) in [5, 5.41) is 12.3. The Bertz CT molecular complexity index is 1650. The first-order valence-electron chi connectivity index (χ1n) is 13.0. The van der Waals surface area contributed by atoms with Gasteiger partial charge in [-0.05, 0) is 86.2 Å². The fraction of sp³-hybridized carbons (Fsp3) is 0.250. The number of benzene rings is 3. The van der Waals surface area contributed by atoms with Gasteiger partial charge in [-0.25, -0.2) is 0 Å². The maximum absolute atomic E-state index is 13.7. The molecule has 3 aromatic carbocycles. The molecule has 1 aliphatic heterocycles. The molecule has 2 aliphatic rings. The lowest BCUT2D eigenvalue weighted by Crippen LogP contribution is -2.39. The monoisotopic (exact) mass is 607 g/mol. The molecule has 1 heterocycles. The van der Waals surface area contributed by atoms with Gasteiger partial charge in [0.1, 0.15) is 5.82 Å². The van der Waals surface area contributed by atoms with Gasteiger partial charge >= 0.3 is 0 Å². The Hall–Kier alpha value is -2.88. The van der Waals surface area contributed by atoms with Crippen molar-refractivity contribution < 1.29 is 4.79 Å². The summed E-state index contributed by atoms with van der Waals surface area (Å²) >= 11 is 20.6. The van der Waals surface area contributed by atoms with Crippen molar-refractivity contribution in [2.45, 2.75) is 56.6 Å². The second kappa shape index (κ2) is 11.5. The van der Waals surface area contributed by atoms with Crippen molar-refractivity contribution in [3.8, 4) is 6.07 Å². The largest absolute Gasteiger partial charge is 0.384 e. The van der Waals surface area contributed by atoms with Crippen LogP contribution in [0.4, 0.5) is 5.69 Å². The summed E-state index contributed by atoms with van der Waals surface area (Å²) < 4.78 is 0. The molecule has 5 rings (SSSR count). The summed E-state index contributed by atoms with van der Waals surface area (Å²) in [6.07, 6.45) is 1.85. The van der Waals surface area contributed by atoms with Gasteiger partial charge in [0.15, 0.2) is 5.78 Å². The molecule has 0 fully saturated rings. The van der Waals surface area contributed by atoms with Crippen LogP contribution in [0.15, 0.2) is 76.1 Å². The number of anilines is 1. The molecule has 2 N–H and O–H groups in total. The number of rotatable bonds is 5. The molecule has 1 unspecified atom stereocenters. The third-order valence-corrected chi connectivity index (χ3v) is 9.63. The van der Waals surface area contributed by atoms with E-state index in [-0.39, 0.29) is 5.78 Å². The zero-order valence-corrected chi connectivity index (χ0v) is 25.5. The summed E-state index contributed by atoms with van der Waals surface area (Å²) in [6.45, 7) is 6.06. The van der Waals surface area contributed by atoms with E-state index in [1.165, 1.54) is 0 Å². The van der Waals surface area contributed by atoms with E-state index in [0.717, 1.165) is 50.5 Å². The number of ketones is 1. The normalized spacial score (nSPS) is 17.3. The smallest absolute Gasteiger partial charge is 0.161 e. The number of hydrogen-bond acceptors (Lipinski definition) is 5. The standard InChI is InChI=1S/C32H28Cl3N3OS/c1-17-11-20(16-40-29-14-22(34)9-10-25(29)35)19(3)23(12-17)30-24(15-36)32(37)38(26-5-4-6-28(39)31(26)30)27-13-21(33)8-7-18(27)2/h7-14,30H,4-6,16,37H2,1-3H3. The quantitative estimate of drug-likeness (QED) is 0.293. The lowest BCUT2D eigenvalue weighted by Gasteiger charge is -2.40. The number of nitrogens with zero attached hydrogens (tertiary/aromatic N) is 2. The minimum Gasteiger partial charge on any atom is -0.384 e. The highest BCUT2D eigenvalue weighted by molar-refractivity contribution is 7.98. The maximum Gasteiger partial charge on any atom is 0.161 e. The topological polar surface area (TPSA) is 70.1 Å². The van der Waals surface area contributed by atoms with Gasteiger partial charge in [0.05, 0.1) is 28.3 Å². The van der Waals surface area contributed by atoms with Gasteiger partial charge < -0.3 is 5.73 Å². The Labute approximate surface area is 254 Å². The van der Waals surface area contributed by atoms with E-state index in [9.17, 15) is 10.1 Å². The molecule has 0 bridgehead atoms. The molecule has 204 valence electrons. The Morgan fingerprint density at radius 3 is 2.50 bits per heavy atom. The fourth-order valence-electron chi connectivity index (χ4n) is 5.65. The average molecular weight is 609 g/mol. The molecular formula is C32H28Cl3N3OS. The lowest BCUT2D eigenvalue weighted by molar-refractivity contribution is -0.116. The van der Waals surface area contributed by atoms with Crippen LogP contribution in [0.25, 0.3) is 0 Å². The third-order valence-electron chi connectivity index (χ3n) is 7.61. The van der Waals surface area contributed by atoms with Gasteiger partial charge in [-0.1, -0.05) is 58.6 Å². The Balaban J connectivity index is 1.65. The molecule has 0 spiro atoms. The van der Waals surface area contributed by atoms with Gasteiger partial charge in [0.25, 0.3) is 0 Å². The summed E-state index contributed by atoms with van der Waals surface area (Å²) in [5.74, 6) is 0.511. The maximum atomic E-state index is 13.7. The van der Waals surface area contributed by atoms with E-state index >= 15 is 0 Å². The van der Waals surface area contributed by atoms with Crippen molar-refractivity contribution in [3.05, 3.63) is 114 Å². The molecule has 8 heteroatoms. The summed E-state index contributed by atoms with van der Waals surface area (Å²) in [4.78, 5) is 16.4. The van der Waals surface area contributed by atoms with Crippen molar-refractivity contribution in [1.29, 1.82) is 5.26 Å². The number of halogens is 3. The second-order valence-electron chi connectivity index (χ2n) is 10.2. The lowest BCUT2D eigenvalue weighted by atomic mass is 9.73. The first-order valence-corrected chi connectivity index (χ1v) is 15.1. The number of nitrogens with two attached hydrogens (primary N) is 1. The second-order valence-corrected chi connectivity index (χ2v) is 12.5. The van der Waals surface area contributed by atoms with Crippen LogP contribution in [-0.2, 0) is 10.5 Å². The highest BCUT2D eigenvalue weighted by atomic mass is 35.5. The van der Waals surface area contributed by atoms with Crippen molar-refractivity contribution >= 4 is 58.0 Å². The predicted molar refractivity (Wildman–Crippen MR) is 166 cm³/mol. The Kier molecular flexibility index (Phi) is 8.27. The highest BCUT2D eigenvalue weighted by Gasteiger charge is 2.41. The molecule has 4 nitrogen and oxygen atoms in total. The number of Topliss-reactive ketones (excluding diaryl/α,β-unsaturated/α-hetero) is 1. The Morgan fingerprint density at radius 2 is 1.75 bits per heavy atom. The molecule has 1 atom stereocenters. The molecule has 0 amide bonds. The molecule has 0 aromatic heterocycles. The van der Waals surface area contributed by atoms with Crippen LogP contribution in [0.3, 0.4) is 0 Å². The van der Waals surface area contributed by atoms with Crippen molar-refractivity contribution in [3.63, 3.8) is 0 Å². The van der Waals surface area contributed by atoms with Gasteiger partial charge in [-0.15, -0.1) is 11.8 Å². The molecule has 40 heavy (non-hydrogen) atoms. The molecular weight excluding hydrogens is 581 g/mol. The van der Waals surface area contributed by atoms with Gasteiger partial charge in [0, 0.05) is 38.4 Å². The van der Waals surface area contributed by atoms with Crippen molar-refractivity contribution in [1.82, 2.24) is 0 Å². The van der Waals surface area contributed by atoms with E-state index in [2.05, 4.69) is 25.1 Å². The van der Waals surface area contributed by atoms with Gasteiger partial charge in [-0.2, -0.15) is 5.26 Å². The van der Waals surface area contributed by atoms with Crippen LogP contribution in [0, 0.1) is 32.1 Å². The predicted octanol–water partition coefficient (Wildman–Crippen LogP) is 9.17. The number of nitriles is 1. The number of carbonyl (C=O) groups is 1. The minimum absolute atomic E-state index is 0.0544. The summed E-state index contributed by atoms with van der Waals surface area (Å²) in [7, 11) is 0. The van der Waals surface area contributed by atoms with Gasteiger partial charge in [-0.3, -0.25) is 9.69 Å². The first-order chi connectivity index (χ1) is 19.1.